The van der Waals surface area contributed by atoms with Crippen molar-refractivity contribution in [2.24, 2.45) is 5.41 Å². The molecule has 1 saturated heterocycles. The maximum atomic E-state index is 5.99. The Morgan fingerprint density at radius 1 is 1.15 bits per heavy atom. The average molecular weight is 185 g/mol. The van der Waals surface area contributed by atoms with E-state index in [1.807, 2.05) is 0 Å². The molecule has 78 valence electrons. The lowest BCUT2D eigenvalue weighted by atomic mass is 9.83. The van der Waals surface area contributed by atoms with Crippen molar-refractivity contribution in [3.63, 3.8) is 0 Å². The molecular weight excluding hydrogens is 162 g/mol. The van der Waals surface area contributed by atoms with Crippen LogP contribution in [0.4, 0.5) is 0 Å². The molecule has 0 unspecified atom stereocenters. The van der Waals surface area contributed by atoms with Crippen molar-refractivity contribution in [1.82, 2.24) is 5.32 Å². The van der Waals surface area contributed by atoms with Gasteiger partial charge in [0.1, 0.15) is 0 Å². The summed E-state index contributed by atoms with van der Waals surface area (Å²) in [6, 6.07) is 0. The Labute approximate surface area is 82.0 Å². The SMILES string of the molecule is CC(C)(C)CC(C)(C)OC1CNC1. The van der Waals surface area contributed by atoms with E-state index in [0.29, 0.717) is 11.5 Å². The molecule has 0 aromatic carbocycles. The zero-order valence-corrected chi connectivity index (χ0v) is 9.61. The van der Waals surface area contributed by atoms with E-state index in [9.17, 15) is 0 Å². The molecule has 0 saturated carbocycles. The Kier molecular flexibility index (Phi) is 3.03. The van der Waals surface area contributed by atoms with E-state index < -0.39 is 0 Å². The van der Waals surface area contributed by atoms with Crippen LogP contribution in [0, 0.1) is 5.41 Å². The second kappa shape index (κ2) is 3.58. The molecule has 1 heterocycles. The summed E-state index contributed by atoms with van der Waals surface area (Å²) in [6.45, 7) is 13.2. The minimum absolute atomic E-state index is 0.0189. The van der Waals surface area contributed by atoms with Crippen LogP contribution in [0.1, 0.15) is 41.0 Å². The predicted molar refractivity (Wildman–Crippen MR) is 55.9 cm³/mol. The summed E-state index contributed by atoms with van der Waals surface area (Å²) in [5.41, 5.74) is 0.367. The Morgan fingerprint density at radius 3 is 2.00 bits per heavy atom. The van der Waals surface area contributed by atoms with Crippen LogP contribution in [0.15, 0.2) is 0 Å². The van der Waals surface area contributed by atoms with Gasteiger partial charge in [-0.3, -0.25) is 0 Å². The summed E-state index contributed by atoms with van der Waals surface area (Å²) in [5.74, 6) is 0. The lowest BCUT2D eigenvalue weighted by Crippen LogP contribution is -2.52. The topological polar surface area (TPSA) is 21.3 Å². The van der Waals surface area contributed by atoms with Crippen LogP contribution in [-0.4, -0.2) is 24.8 Å². The highest BCUT2D eigenvalue weighted by atomic mass is 16.5. The number of ether oxygens (including phenoxy) is 1. The molecule has 1 fully saturated rings. The van der Waals surface area contributed by atoms with Gasteiger partial charge < -0.3 is 10.1 Å². The van der Waals surface area contributed by atoms with Crippen molar-refractivity contribution in [1.29, 1.82) is 0 Å². The van der Waals surface area contributed by atoms with E-state index in [1.54, 1.807) is 0 Å². The molecule has 2 nitrogen and oxygen atoms in total. The Hall–Kier alpha value is -0.0800. The molecule has 1 N–H and O–H groups in total. The van der Waals surface area contributed by atoms with E-state index in [2.05, 4.69) is 39.9 Å². The van der Waals surface area contributed by atoms with Gasteiger partial charge in [0, 0.05) is 13.1 Å². The molecule has 0 atom stereocenters. The van der Waals surface area contributed by atoms with Crippen molar-refractivity contribution in [2.45, 2.75) is 52.7 Å². The summed E-state index contributed by atoms with van der Waals surface area (Å²) in [5, 5.41) is 3.22. The predicted octanol–water partition coefficient (Wildman–Crippen LogP) is 2.19. The van der Waals surface area contributed by atoms with Gasteiger partial charge in [-0.15, -0.1) is 0 Å². The van der Waals surface area contributed by atoms with Crippen LogP contribution in [0.3, 0.4) is 0 Å². The first-order chi connectivity index (χ1) is 5.79. The van der Waals surface area contributed by atoms with Crippen LogP contribution in [-0.2, 0) is 4.74 Å². The van der Waals surface area contributed by atoms with E-state index in [4.69, 9.17) is 4.74 Å². The third kappa shape index (κ3) is 4.10. The molecule has 0 bridgehead atoms. The quantitative estimate of drug-likeness (QED) is 0.727. The smallest absolute Gasteiger partial charge is 0.0830 e. The van der Waals surface area contributed by atoms with Crippen LogP contribution >= 0.6 is 0 Å². The fourth-order valence-corrected chi connectivity index (χ4v) is 2.12. The summed E-state index contributed by atoms with van der Waals surface area (Å²) >= 11 is 0. The van der Waals surface area contributed by atoms with Crippen LogP contribution in [0.2, 0.25) is 0 Å². The average Bonchev–Trinajstić information content (AvgIpc) is 1.73. The van der Waals surface area contributed by atoms with Gasteiger partial charge in [-0.1, -0.05) is 20.8 Å². The summed E-state index contributed by atoms with van der Waals surface area (Å²) in [4.78, 5) is 0. The third-order valence-corrected chi connectivity index (χ3v) is 2.19. The molecule has 0 amide bonds. The Bertz CT molecular complexity index is 165. The van der Waals surface area contributed by atoms with Gasteiger partial charge in [-0.2, -0.15) is 0 Å². The minimum Gasteiger partial charge on any atom is -0.370 e. The molecule has 0 aromatic rings. The Morgan fingerprint density at radius 2 is 1.69 bits per heavy atom. The van der Waals surface area contributed by atoms with Gasteiger partial charge in [0.15, 0.2) is 0 Å². The zero-order valence-electron chi connectivity index (χ0n) is 9.61. The Balaban J connectivity index is 2.35. The lowest BCUT2D eigenvalue weighted by Gasteiger charge is -2.39. The van der Waals surface area contributed by atoms with E-state index in [1.165, 1.54) is 0 Å². The standard InChI is InChI=1S/C11H23NO/c1-10(2,3)8-11(4,5)13-9-6-12-7-9/h9,12H,6-8H2,1-5H3. The highest BCUT2D eigenvalue weighted by Crippen LogP contribution is 2.30. The van der Waals surface area contributed by atoms with Crippen molar-refractivity contribution in [2.75, 3.05) is 13.1 Å². The van der Waals surface area contributed by atoms with Crippen LogP contribution in [0.25, 0.3) is 0 Å². The molecule has 0 spiro atoms. The maximum Gasteiger partial charge on any atom is 0.0830 e. The zero-order chi connectivity index (χ0) is 10.1. The van der Waals surface area contributed by atoms with Crippen molar-refractivity contribution in [3.8, 4) is 0 Å². The molecule has 13 heavy (non-hydrogen) atoms. The van der Waals surface area contributed by atoms with E-state index in [-0.39, 0.29) is 5.60 Å². The van der Waals surface area contributed by atoms with Crippen LogP contribution in [0.5, 0.6) is 0 Å². The van der Waals surface area contributed by atoms with E-state index >= 15 is 0 Å². The number of hydrogen-bond acceptors (Lipinski definition) is 2. The van der Waals surface area contributed by atoms with Crippen molar-refractivity contribution < 1.29 is 4.74 Å². The third-order valence-electron chi connectivity index (χ3n) is 2.19. The van der Waals surface area contributed by atoms with Gasteiger partial charge in [-0.05, 0) is 25.7 Å². The molecule has 0 aliphatic carbocycles. The number of hydrogen-bond donors (Lipinski definition) is 1. The second-order valence-electron chi connectivity index (χ2n) is 5.90. The first-order valence-corrected chi connectivity index (χ1v) is 5.17. The van der Waals surface area contributed by atoms with E-state index in [0.717, 1.165) is 19.5 Å². The normalized spacial score (nSPS) is 20.1. The number of rotatable bonds is 3. The summed E-state index contributed by atoms with van der Waals surface area (Å²) < 4.78 is 5.99. The molecule has 0 radical (unpaired) electrons. The van der Waals surface area contributed by atoms with Crippen molar-refractivity contribution in [3.05, 3.63) is 0 Å². The highest BCUT2D eigenvalue weighted by molar-refractivity contribution is 4.83. The van der Waals surface area contributed by atoms with Gasteiger partial charge in [-0.25, -0.2) is 0 Å². The van der Waals surface area contributed by atoms with Gasteiger partial charge >= 0.3 is 0 Å². The summed E-state index contributed by atoms with van der Waals surface area (Å²) in [7, 11) is 0. The molecule has 1 rings (SSSR count). The highest BCUT2D eigenvalue weighted by Gasteiger charge is 2.31. The van der Waals surface area contributed by atoms with Crippen molar-refractivity contribution >= 4 is 0 Å². The molecule has 1 aliphatic heterocycles. The van der Waals surface area contributed by atoms with Gasteiger partial charge in [0.05, 0.1) is 11.7 Å². The monoisotopic (exact) mass is 185 g/mol. The first-order valence-electron chi connectivity index (χ1n) is 5.17. The summed E-state index contributed by atoms with van der Waals surface area (Å²) in [6.07, 6.45) is 1.55. The minimum atomic E-state index is 0.0189. The number of nitrogens with one attached hydrogen (secondary N) is 1. The molecular formula is C11H23NO. The molecule has 2 heteroatoms. The fraction of sp³-hybridized carbons (Fsp3) is 1.00. The van der Waals surface area contributed by atoms with Gasteiger partial charge in [0.2, 0.25) is 0 Å². The first kappa shape index (κ1) is 11.0. The molecule has 0 aromatic heterocycles. The fourth-order valence-electron chi connectivity index (χ4n) is 2.12. The largest absolute Gasteiger partial charge is 0.370 e. The van der Waals surface area contributed by atoms with Crippen LogP contribution < -0.4 is 5.32 Å². The lowest BCUT2D eigenvalue weighted by molar-refractivity contribution is -0.107. The molecule has 1 aliphatic rings. The second-order valence-corrected chi connectivity index (χ2v) is 5.90. The van der Waals surface area contributed by atoms with Gasteiger partial charge in [0.25, 0.3) is 0 Å². The maximum absolute atomic E-state index is 5.99.